The molecule has 0 fully saturated rings. The molecule has 0 bridgehead atoms. The van der Waals surface area contributed by atoms with Crippen LogP contribution in [-0.4, -0.2) is 32.2 Å². The molecule has 0 aliphatic carbocycles. The van der Waals surface area contributed by atoms with Crippen molar-refractivity contribution in [2.45, 2.75) is 25.3 Å². The van der Waals surface area contributed by atoms with Gasteiger partial charge in [-0.15, -0.1) is 6.58 Å². The van der Waals surface area contributed by atoms with E-state index in [9.17, 15) is 9.50 Å². The maximum absolute atomic E-state index is 13.2. The minimum absolute atomic E-state index is 0.0152. The largest absolute Gasteiger partial charge is 0.394 e. The van der Waals surface area contributed by atoms with Crippen LogP contribution in [-0.2, 0) is 0 Å². The molecule has 0 radical (unpaired) electrons. The number of anilines is 2. The van der Waals surface area contributed by atoms with Gasteiger partial charge in [0.2, 0.25) is 5.95 Å². The van der Waals surface area contributed by atoms with E-state index in [1.54, 1.807) is 6.08 Å². The first kappa shape index (κ1) is 15.1. The number of pyridine rings is 1. The number of halogens is 1. The van der Waals surface area contributed by atoms with Crippen LogP contribution in [0.3, 0.4) is 0 Å². The summed E-state index contributed by atoms with van der Waals surface area (Å²) in [4.78, 5) is 12.1. The first-order chi connectivity index (χ1) is 9.97. The smallest absolute Gasteiger partial charge is 0.222 e. The number of aromatic nitrogens is 3. The van der Waals surface area contributed by atoms with E-state index in [2.05, 4.69) is 26.8 Å². The Morgan fingerprint density at radius 3 is 2.95 bits per heavy atom. The zero-order valence-corrected chi connectivity index (χ0v) is 11.8. The third kappa shape index (κ3) is 3.43. The second-order valence-corrected chi connectivity index (χ2v) is 5.12. The lowest BCUT2D eigenvalue weighted by Crippen LogP contribution is -2.39. The minimum atomic E-state index is -0.613. The number of aliphatic hydroxyl groups is 1. The molecular formula is C14H18FN5O. The third-order valence-corrected chi connectivity index (χ3v) is 3.19. The van der Waals surface area contributed by atoms with Crippen LogP contribution in [0.25, 0.3) is 11.0 Å². The summed E-state index contributed by atoms with van der Waals surface area (Å²) in [5.74, 6) is -0.109. The van der Waals surface area contributed by atoms with Crippen molar-refractivity contribution in [3.05, 3.63) is 30.7 Å². The Bertz CT molecular complexity index is 658. The Hall–Kier alpha value is -2.28. The Balaban J connectivity index is 2.43. The summed E-state index contributed by atoms with van der Waals surface area (Å²) in [5.41, 5.74) is 5.75. The van der Waals surface area contributed by atoms with Gasteiger partial charge in [0, 0.05) is 6.07 Å². The molecule has 0 aromatic carbocycles. The summed E-state index contributed by atoms with van der Waals surface area (Å²) < 4.78 is 13.2. The molecule has 0 spiro atoms. The van der Waals surface area contributed by atoms with E-state index >= 15 is 0 Å². The van der Waals surface area contributed by atoms with Crippen LogP contribution in [0.4, 0.5) is 16.2 Å². The number of rotatable bonds is 6. The van der Waals surface area contributed by atoms with Crippen molar-refractivity contribution in [3.8, 4) is 0 Å². The quantitative estimate of drug-likeness (QED) is 0.703. The van der Waals surface area contributed by atoms with Crippen molar-refractivity contribution in [2.24, 2.45) is 0 Å². The number of nitrogens with two attached hydrogens (primary N) is 1. The van der Waals surface area contributed by atoms with Crippen LogP contribution in [0.1, 0.15) is 19.8 Å². The molecule has 2 rings (SSSR count). The van der Waals surface area contributed by atoms with Crippen molar-refractivity contribution < 1.29 is 9.50 Å². The zero-order chi connectivity index (χ0) is 15.5. The van der Waals surface area contributed by atoms with Crippen molar-refractivity contribution in [2.75, 3.05) is 17.7 Å². The number of nitrogens with one attached hydrogen (secondary N) is 1. The standard InChI is InChI=1S/C14H18FN5O/c1-3-4-5-14(2,8-21)20-12-11-10(18-13(16)19-12)6-9(15)7-17-11/h3,6-7,21H,1,4-5,8H2,2H3,(H3,16,18,19,20). The van der Waals surface area contributed by atoms with Crippen molar-refractivity contribution >= 4 is 22.8 Å². The number of nitrogen functional groups attached to an aromatic ring is 1. The molecule has 7 heteroatoms. The van der Waals surface area contributed by atoms with Crippen LogP contribution in [0.2, 0.25) is 0 Å². The van der Waals surface area contributed by atoms with Gasteiger partial charge < -0.3 is 16.2 Å². The Morgan fingerprint density at radius 1 is 1.52 bits per heavy atom. The summed E-state index contributed by atoms with van der Waals surface area (Å²) in [6.07, 6.45) is 4.24. The number of allylic oxidation sites excluding steroid dienone is 1. The van der Waals surface area contributed by atoms with E-state index in [0.717, 1.165) is 12.6 Å². The number of fused-ring (bicyclic) bond motifs is 1. The monoisotopic (exact) mass is 291 g/mol. The highest BCUT2D eigenvalue weighted by atomic mass is 19.1. The SMILES string of the molecule is C=CCCC(C)(CO)Nc1nc(N)nc2cc(F)cnc12. The minimum Gasteiger partial charge on any atom is -0.394 e. The third-order valence-electron chi connectivity index (χ3n) is 3.19. The highest BCUT2D eigenvalue weighted by Crippen LogP contribution is 2.25. The second kappa shape index (κ2) is 6.01. The molecule has 2 aromatic heterocycles. The van der Waals surface area contributed by atoms with Gasteiger partial charge in [-0.25, -0.2) is 14.4 Å². The van der Waals surface area contributed by atoms with E-state index in [0.29, 0.717) is 23.3 Å². The number of aliphatic hydroxyl groups excluding tert-OH is 1. The highest BCUT2D eigenvalue weighted by molar-refractivity contribution is 5.86. The topological polar surface area (TPSA) is 97.0 Å². The molecule has 4 N–H and O–H groups in total. The first-order valence-electron chi connectivity index (χ1n) is 6.56. The first-order valence-corrected chi connectivity index (χ1v) is 6.56. The van der Waals surface area contributed by atoms with Gasteiger partial charge in [-0.05, 0) is 19.8 Å². The molecule has 0 aliphatic heterocycles. The Kier molecular flexibility index (Phi) is 4.32. The highest BCUT2D eigenvalue weighted by Gasteiger charge is 2.24. The fourth-order valence-corrected chi connectivity index (χ4v) is 1.99. The molecule has 6 nitrogen and oxygen atoms in total. The summed E-state index contributed by atoms with van der Waals surface area (Å²) in [5, 5.41) is 12.7. The fourth-order valence-electron chi connectivity index (χ4n) is 1.99. The summed E-state index contributed by atoms with van der Waals surface area (Å²) in [6.45, 7) is 5.42. The predicted octanol–water partition coefficient (Wildman–Crippen LogP) is 1.88. The van der Waals surface area contributed by atoms with Crippen molar-refractivity contribution in [3.63, 3.8) is 0 Å². The van der Waals surface area contributed by atoms with Crippen LogP contribution >= 0.6 is 0 Å². The molecule has 0 aliphatic rings. The molecule has 0 saturated heterocycles. The summed E-state index contributed by atoms with van der Waals surface area (Å²) >= 11 is 0. The average molecular weight is 291 g/mol. The normalized spacial score (nSPS) is 13.9. The van der Waals surface area contributed by atoms with Gasteiger partial charge in [0.25, 0.3) is 0 Å². The maximum atomic E-state index is 13.2. The molecule has 1 unspecified atom stereocenters. The molecule has 0 saturated carbocycles. The number of hydrogen-bond acceptors (Lipinski definition) is 6. The number of nitrogens with zero attached hydrogens (tertiary/aromatic N) is 3. The lowest BCUT2D eigenvalue weighted by Gasteiger charge is -2.29. The zero-order valence-electron chi connectivity index (χ0n) is 11.8. The Morgan fingerprint density at radius 2 is 2.29 bits per heavy atom. The van der Waals surface area contributed by atoms with E-state index in [1.165, 1.54) is 6.07 Å². The molecule has 2 aromatic rings. The lowest BCUT2D eigenvalue weighted by molar-refractivity contribution is 0.215. The molecule has 2 heterocycles. The van der Waals surface area contributed by atoms with Gasteiger partial charge in [0.1, 0.15) is 11.3 Å². The second-order valence-electron chi connectivity index (χ2n) is 5.12. The molecule has 1 atom stereocenters. The Labute approximate surface area is 121 Å². The fraction of sp³-hybridized carbons (Fsp3) is 0.357. The van der Waals surface area contributed by atoms with Gasteiger partial charge in [-0.1, -0.05) is 6.08 Å². The van der Waals surface area contributed by atoms with E-state index in [4.69, 9.17) is 5.73 Å². The van der Waals surface area contributed by atoms with Crippen LogP contribution in [0.15, 0.2) is 24.9 Å². The van der Waals surface area contributed by atoms with Crippen LogP contribution < -0.4 is 11.1 Å². The molecule has 0 amide bonds. The predicted molar refractivity (Wildman–Crippen MR) is 80.2 cm³/mol. The van der Waals surface area contributed by atoms with Crippen LogP contribution in [0, 0.1) is 5.82 Å². The molecular weight excluding hydrogens is 273 g/mol. The lowest BCUT2D eigenvalue weighted by atomic mass is 9.96. The summed E-state index contributed by atoms with van der Waals surface area (Å²) in [7, 11) is 0. The average Bonchev–Trinajstić information content (AvgIpc) is 2.44. The van der Waals surface area contributed by atoms with Gasteiger partial charge in [0.05, 0.1) is 23.9 Å². The molecule has 112 valence electrons. The molecule has 21 heavy (non-hydrogen) atoms. The van der Waals surface area contributed by atoms with Crippen molar-refractivity contribution in [1.82, 2.24) is 15.0 Å². The summed E-state index contributed by atoms with van der Waals surface area (Å²) in [6, 6.07) is 1.24. The van der Waals surface area contributed by atoms with Gasteiger partial charge in [-0.3, -0.25) is 0 Å². The van der Waals surface area contributed by atoms with Gasteiger partial charge in [0.15, 0.2) is 5.82 Å². The maximum Gasteiger partial charge on any atom is 0.222 e. The van der Waals surface area contributed by atoms with E-state index < -0.39 is 11.4 Å². The number of hydrogen-bond donors (Lipinski definition) is 3. The van der Waals surface area contributed by atoms with Gasteiger partial charge >= 0.3 is 0 Å². The van der Waals surface area contributed by atoms with Crippen molar-refractivity contribution in [1.29, 1.82) is 0 Å². The van der Waals surface area contributed by atoms with Crippen LogP contribution in [0.5, 0.6) is 0 Å². The van der Waals surface area contributed by atoms with Gasteiger partial charge in [-0.2, -0.15) is 4.98 Å². The van der Waals surface area contributed by atoms with E-state index in [-0.39, 0.29) is 12.6 Å². The van der Waals surface area contributed by atoms with E-state index in [1.807, 2.05) is 6.92 Å².